The van der Waals surface area contributed by atoms with E-state index in [0.29, 0.717) is 0 Å². The van der Waals surface area contributed by atoms with Gasteiger partial charge in [0.05, 0.1) is 5.41 Å². The molecule has 0 saturated carbocycles. The maximum absolute atomic E-state index is 12.1. The van der Waals surface area contributed by atoms with E-state index in [2.05, 4.69) is 15.6 Å². The number of hydrogen-bond acceptors (Lipinski definition) is 3. The van der Waals surface area contributed by atoms with E-state index < -0.39 is 0 Å². The largest absolute Gasteiger partial charge is 0.325 e. The van der Waals surface area contributed by atoms with E-state index in [1.807, 2.05) is 19.9 Å². The summed E-state index contributed by atoms with van der Waals surface area (Å²) >= 11 is 0. The van der Waals surface area contributed by atoms with Gasteiger partial charge in [0.2, 0.25) is 5.91 Å². The van der Waals surface area contributed by atoms with Crippen LogP contribution in [0, 0.1) is 12.3 Å². The van der Waals surface area contributed by atoms with E-state index in [9.17, 15) is 4.79 Å². The molecule has 1 unspecified atom stereocenters. The van der Waals surface area contributed by atoms with Crippen molar-refractivity contribution >= 4 is 11.6 Å². The Morgan fingerprint density at radius 2 is 2.44 bits per heavy atom. The van der Waals surface area contributed by atoms with Crippen molar-refractivity contribution in [1.29, 1.82) is 0 Å². The molecular weight excluding hydrogens is 202 g/mol. The van der Waals surface area contributed by atoms with Crippen LogP contribution in [0.1, 0.15) is 18.9 Å². The zero-order valence-electron chi connectivity index (χ0n) is 9.71. The van der Waals surface area contributed by atoms with Crippen LogP contribution in [0.2, 0.25) is 0 Å². The standard InChI is InChI=1S/C12H17N3O/c1-9-7-13-5-3-10(9)15-11(16)12(2)4-6-14-8-12/h3,5,7,14H,4,6,8H2,1-2H3,(H,13,15,16). The second kappa shape index (κ2) is 4.22. The molecule has 1 fully saturated rings. The monoisotopic (exact) mass is 219 g/mol. The fourth-order valence-corrected chi connectivity index (χ4v) is 1.90. The van der Waals surface area contributed by atoms with Gasteiger partial charge in [-0.1, -0.05) is 0 Å². The van der Waals surface area contributed by atoms with Crippen molar-refractivity contribution in [1.82, 2.24) is 10.3 Å². The molecule has 0 aromatic carbocycles. The van der Waals surface area contributed by atoms with Crippen LogP contribution in [0.25, 0.3) is 0 Å². The maximum atomic E-state index is 12.1. The molecule has 1 saturated heterocycles. The number of rotatable bonds is 2. The quantitative estimate of drug-likeness (QED) is 0.789. The van der Waals surface area contributed by atoms with Gasteiger partial charge < -0.3 is 10.6 Å². The maximum Gasteiger partial charge on any atom is 0.231 e. The van der Waals surface area contributed by atoms with Gasteiger partial charge in [-0.05, 0) is 38.4 Å². The first-order valence-electron chi connectivity index (χ1n) is 5.55. The van der Waals surface area contributed by atoms with E-state index in [0.717, 1.165) is 30.8 Å². The fourth-order valence-electron chi connectivity index (χ4n) is 1.90. The molecule has 2 rings (SSSR count). The number of carbonyl (C=O) groups excluding carboxylic acids is 1. The second-order valence-corrected chi connectivity index (χ2v) is 4.63. The van der Waals surface area contributed by atoms with Crippen LogP contribution in [0.5, 0.6) is 0 Å². The molecule has 4 nitrogen and oxygen atoms in total. The molecule has 0 spiro atoms. The molecule has 0 radical (unpaired) electrons. The average molecular weight is 219 g/mol. The topological polar surface area (TPSA) is 54.0 Å². The Kier molecular flexibility index (Phi) is 2.92. The normalized spacial score (nSPS) is 24.4. The number of pyridine rings is 1. The van der Waals surface area contributed by atoms with Crippen LogP contribution in [0.3, 0.4) is 0 Å². The molecule has 1 aromatic rings. The minimum Gasteiger partial charge on any atom is -0.325 e. The number of carbonyl (C=O) groups is 1. The number of anilines is 1. The second-order valence-electron chi connectivity index (χ2n) is 4.63. The van der Waals surface area contributed by atoms with E-state index in [-0.39, 0.29) is 11.3 Å². The summed E-state index contributed by atoms with van der Waals surface area (Å²) in [6.07, 6.45) is 4.34. The van der Waals surface area contributed by atoms with Crippen molar-refractivity contribution in [3.63, 3.8) is 0 Å². The van der Waals surface area contributed by atoms with Crippen LogP contribution in [0.15, 0.2) is 18.5 Å². The van der Waals surface area contributed by atoms with E-state index in [4.69, 9.17) is 0 Å². The Morgan fingerprint density at radius 3 is 3.06 bits per heavy atom. The Labute approximate surface area is 95.5 Å². The summed E-state index contributed by atoms with van der Waals surface area (Å²) in [6.45, 7) is 5.61. The Hall–Kier alpha value is -1.42. The Bertz CT molecular complexity index is 397. The van der Waals surface area contributed by atoms with Crippen molar-refractivity contribution in [2.24, 2.45) is 5.41 Å². The first-order valence-corrected chi connectivity index (χ1v) is 5.55. The van der Waals surface area contributed by atoms with Crippen LogP contribution in [-0.2, 0) is 4.79 Å². The zero-order valence-corrected chi connectivity index (χ0v) is 9.71. The lowest BCUT2D eigenvalue weighted by Gasteiger charge is -2.21. The van der Waals surface area contributed by atoms with Crippen molar-refractivity contribution in [2.45, 2.75) is 20.3 Å². The highest BCUT2D eigenvalue weighted by Crippen LogP contribution is 2.26. The van der Waals surface area contributed by atoms with Gasteiger partial charge in [0.25, 0.3) is 0 Å². The Morgan fingerprint density at radius 1 is 1.62 bits per heavy atom. The van der Waals surface area contributed by atoms with Gasteiger partial charge in [-0.2, -0.15) is 0 Å². The molecule has 0 bridgehead atoms. The summed E-state index contributed by atoms with van der Waals surface area (Å²) in [6, 6.07) is 1.83. The molecule has 1 aliphatic heterocycles. The predicted octanol–water partition coefficient (Wildman–Crippen LogP) is 1.33. The first-order chi connectivity index (χ1) is 7.62. The van der Waals surface area contributed by atoms with Crippen molar-refractivity contribution in [3.8, 4) is 0 Å². The number of nitrogens with zero attached hydrogens (tertiary/aromatic N) is 1. The molecule has 2 heterocycles. The summed E-state index contributed by atoms with van der Waals surface area (Å²) in [7, 11) is 0. The average Bonchev–Trinajstić information content (AvgIpc) is 2.70. The van der Waals surface area contributed by atoms with Crippen LogP contribution in [0.4, 0.5) is 5.69 Å². The molecule has 2 N–H and O–H groups in total. The molecule has 1 aromatic heterocycles. The minimum absolute atomic E-state index is 0.0896. The molecule has 1 atom stereocenters. The van der Waals surface area contributed by atoms with Crippen molar-refractivity contribution in [3.05, 3.63) is 24.0 Å². The van der Waals surface area contributed by atoms with Crippen LogP contribution < -0.4 is 10.6 Å². The van der Waals surface area contributed by atoms with Gasteiger partial charge in [0.15, 0.2) is 0 Å². The summed E-state index contributed by atoms with van der Waals surface area (Å²) in [4.78, 5) is 16.1. The third kappa shape index (κ3) is 2.07. The SMILES string of the molecule is Cc1cnccc1NC(=O)C1(C)CCNC1. The van der Waals surface area contributed by atoms with Gasteiger partial charge in [-0.25, -0.2) is 0 Å². The molecule has 0 aliphatic carbocycles. The molecule has 1 aliphatic rings. The molecular formula is C12H17N3O. The third-order valence-electron chi connectivity index (χ3n) is 3.19. The summed E-state index contributed by atoms with van der Waals surface area (Å²) in [5.41, 5.74) is 1.56. The molecule has 4 heteroatoms. The smallest absolute Gasteiger partial charge is 0.231 e. The number of aryl methyl sites for hydroxylation is 1. The lowest BCUT2D eigenvalue weighted by molar-refractivity contribution is -0.123. The van der Waals surface area contributed by atoms with Gasteiger partial charge >= 0.3 is 0 Å². The van der Waals surface area contributed by atoms with Gasteiger partial charge in [0, 0.05) is 24.6 Å². The minimum atomic E-state index is -0.282. The third-order valence-corrected chi connectivity index (χ3v) is 3.19. The summed E-state index contributed by atoms with van der Waals surface area (Å²) in [5, 5.41) is 6.19. The highest BCUT2D eigenvalue weighted by molar-refractivity contribution is 5.96. The number of hydrogen-bond donors (Lipinski definition) is 2. The molecule has 16 heavy (non-hydrogen) atoms. The van der Waals surface area contributed by atoms with Crippen LogP contribution >= 0.6 is 0 Å². The van der Waals surface area contributed by atoms with Crippen molar-refractivity contribution in [2.75, 3.05) is 18.4 Å². The Balaban J connectivity index is 2.10. The fraction of sp³-hybridized carbons (Fsp3) is 0.500. The van der Waals surface area contributed by atoms with Crippen molar-refractivity contribution < 1.29 is 4.79 Å². The van der Waals surface area contributed by atoms with Gasteiger partial charge in [-0.3, -0.25) is 9.78 Å². The lowest BCUT2D eigenvalue weighted by Crippen LogP contribution is -2.35. The molecule has 1 amide bonds. The highest BCUT2D eigenvalue weighted by Gasteiger charge is 2.36. The van der Waals surface area contributed by atoms with E-state index >= 15 is 0 Å². The highest BCUT2D eigenvalue weighted by atomic mass is 16.2. The summed E-state index contributed by atoms with van der Waals surface area (Å²) in [5.74, 6) is 0.0896. The lowest BCUT2D eigenvalue weighted by atomic mass is 9.88. The number of amides is 1. The zero-order chi connectivity index (χ0) is 11.6. The molecule has 86 valence electrons. The van der Waals surface area contributed by atoms with Gasteiger partial charge in [0.1, 0.15) is 0 Å². The van der Waals surface area contributed by atoms with E-state index in [1.165, 1.54) is 0 Å². The van der Waals surface area contributed by atoms with E-state index in [1.54, 1.807) is 12.4 Å². The van der Waals surface area contributed by atoms with Crippen LogP contribution in [-0.4, -0.2) is 24.0 Å². The predicted molar refractivity (Wildman–Crippen MR) is 63.2 cm³/mol. The first kappa shape index (κ1) is 11.1. The van der Waals surface area contributed by atoms with Gasteiger partial charge in [-0.15, -0.1) is 0 Å². The number of aromatic nitrogens is 1. The number of nitrogens with one attached hydrogen (secondary N) is 2. The summed E-state index contributed by atoms with van der Waals surface area (Å²) < 4.78 is 0.